The van der Waals surface area contributed by atoms with Crippen molar-refractivity contribution >= 4 is 28.5 Å². The molecule has 3 aromatic heterocycles. The molecule has 1 aliphatic rings. The van der Waals surface area contributed by atoms with Crippen LogP contribution in [-0.4, -0.2) is 85.4 Å². The SMILES string of the molecule is O=C(c1ccccc1)C(O)[C@H]1O[C@@H](n2cnc3c(-n4cccn4)ncnc32)[C@@](O)(C(=O)c2ccccc2)[C@@]1(O)C(=O)c1ccccc1. The molecule has 47 heavy (non-hydrogen) atoms. The molecule has 0 spiro atoms. The molecule has 0 bridgehead atoms. The Bertz CT molecular complexity index is 2090. The van der Waals surface area contributed by atoms with Gasteiger partial charge in [0, 0.05) is 29.1 Å². The third-order valence-corrected chi connectivity index (χ3v) is 8.32. The summed E-state index contributed by atoms with van der Waals surface area (Å²) in [6.45, 7) is 0. The first-order valence-electron chi connectivity index (χ1n) is 14.5. The van der Waals surface area contributed by atoms with E-state index in [2.05, 4.69) is 20.1 Å². The summed E-state index contributed by atoms with van der Waals surface area (Å²) in [6, 6.07) is 24.3. The van der Waals surface area contributed by atoms with Crippen molar-refractivity contribution < 1.29 is 34.4 Å². The molecule has 6 aromatic rings. The van der Waals surface area contributed by atoms with E-state index in [4.69, 9.17) is 4.74 Å². The summed E-state index contributed by atoms with van der Waals surface area (Å²) in [5.74, 6) is -2.93. The van der Waals surface area contributed by atoms with Crippen LogP contribution in [0.5, 0.6) is 0 Å². The Kier molecular flexibility index (Phi) is 7.37. The lowest BCUT2D eigenvalue weighted by molar-refractivity contribution is -0.107. The summed E-state index contributed by atoms with van der Waals surface area (Å²) in [7, 11) is 0. The van der Waals surface area contributed by atoms with Crippen molar-refractivity contribution in [2.75, 3.05) is 0 Å². The van der Waals surface area contributed by atoms with Crippen LogP contribution in [0.1, 0.15) is 37.3 Å². The van der Waals surface area contributed by atoms with Gasteiger partial charge < -0.3 is 20.1 Å². The summed E-state index contributed by atoms with van der Waals surface area (Å²) in [5.41, 5.74) is -6.32. The van der Waals surface area contributed by atoms with Crippen molar-refractivity contribution in [2.45, 2.75) is 29.6 Å². The number of Topliss-reactive ketones (excluding diaryl/α,β-unsaturated/α-hetero) is 3. The number of ketones is 3. The average molecular weight is 631 g/mol. The Labute approximate surface area is 266 Å². The Hall–Kier alpha value is -5.73. The predicted octanol–water partition coefficient (Wildman–Crippen LogP) is 2.38. The van der Waals surface area contributed by atoms with Gasteiger partial charge in [0.25, 0.3) is 0 Å². The second-order valence-electron chi connectivity index (χ2n) is 11.0. The van der Waals surface area contributed by atoms with E-state index in [1.807, 2.05) is 0 Å². The monoisotopic (exact) mass is 630 g/mol. The van der Waals surface area contributed by atoms with Crippen LogP contribution in [0, 0.1) is 0 Å². The zero-order chi connectivity index (χ0) is 32.8. The fourth-order valence-electron chi connectivity index (χ4n) is 6.00. The Balaban J connectivity index is 1.47. The molecule has 0 aliphatic carbocycles. The molecule has 7 rings (SSSR count). The van der Waals surface area contributed by atoms with Gasteiger partial charge in [-0.15, -0.1) is 0 Å². The number of fused-ring (bicyclic) bond motifs is 1. The van der Waals surface area contributed by atoms with Gasteiger partial charge in [-0.2, -0.15) is 5.10 Å². The molecule has 13 heteroatoms. The van der Waals surface area contributed by atoms with Gasteiger partial charge >= 0.3 is 0 Å². The standard InChI is InChI=1S/C34H26N6O7/c41-25(21-11-4-1-5-12-21)26(42)29-33(45,27(43)22-13-6-2-7-14-22)34(46,28(44)23-15-8-3-9-16-23)32(47-29)39-20-37-24-30(39)35-19-36-31(24)40-18-10-17-38-40/h1-20,26,29,32,42,45-46H/t26?,29-,32-,33-,34+/m1/s1. The number of imidazole rings is 1. The lowest BCUT2D eigenvalue weighted by Crippen LogP contribution is -2.68. The van der Waals surface area contributed by atoms with E-state index in [1.54, 1.807) is 54.7 Å². The van der Waals surface area contributed by atoms with Crippen LogP contribution in [-0.2, 0) is 4.74 Å². The molecule has 0 radical (unpaired) electrons. The summed E-state index contributed by atoms with van der Waals surface area (Å²) in [4.78, 5) is 55.6. The maximum Gasteiger partial charge on any atom is 0.212 e. The molecule has 0 amide bonds. The topological polar surface area (TPSA) is 183 Å². The maximum atomic E-state index is 14.5. The van der Waals surface area contributed by atoms with Gasteiger partial charge in [0.15, 0.2) is 34.6 Å². The third kappa shape index (κ3) is 4.60. The Morgan fingerprint density at radius 1 is 0.745 bits per heavy atom. The third-order valence-electron chi connectivity index (χ3n) is 8.32. The van der Waals surface area contributed by atoms with Gasteiger partial charge in [-0.1, -0.05) is 91.0 Å². The van der Waals surface area contributed by atoms with Crippen LogP contribution in [0.3, 0.4) is 0 Å². The zero-order valence-electron chi connectivity index (χ0n) is 24.4. The molecule has 1 saturated heterocycles. The first-order chi connectivity index (χ1) is 22.8. The van der Waals surface area contributed by atoms with Crippen molar-refractivity contribution in [3.8, 4) is 5.82 Å². The molecular weight excluding hydrogens is 604 g/mol. The van der Waals surface area contributed by atoms with E-state index in [0.717, 1.165) is 4.57 Å². The second kappa shape index (κ2) is 11.6. The zero-order valence-corrected chi connectivity index (χ0v) is 24.4. The average Bonchev–Trinajstić information content (AvgIpc) is 3.87. The van der Waals surface area contributed by atoms with Crippen LogP contribution in [0.2, 0.25) is 0 Å². The van der Waals surface area contributed by atoms with Crippen molar-refractivity contribution in [1.29, 1.82) is 0 Å². The van der Waals surface area contributed by atoms with Gasteiger partial charge in [0.2, 0.25) is 17.2 Å². The van der Waals surface area contributed by atoms with Crippen molar-refractivity contribution in [1.82, 2.24) is 29.3 Å². The summed E-state index contributed by atoms with van der Waals surface area (Å²) >= 11 is 0. The minimum absolute atomic E-state index is 0.0359. The molecule has 1 aliphatic heterocycles. The van der Waals surface area contributed by atoms with E-state index >= 15 is 0 Å². The van der Waals surface area contributed by atoms with Crippen LogP contribution in [0.25, 0.3) is 17.0 Å². The number of hydrogen-bond donors (Lipinski definition) is 3. The Morgan fingerprint density at radius 2 is 1.32 bits per heavy atom. The molecule has 1 unspecified atom stereocenters. The van der Waals surface area contributed by atoms with Gasteiger partial charge in [-0.25, -0.2) is 19.6 Å². The van der Waals surface area contributed by atoms with Crippen molar-refractivity contribution in [3.63, 3.8) is 0 Å². The number of carbonyl (C=O) groups is 3. The number of aliphatic hydroxyl groups excluding tert-OH is 1. The highest BCUT2D eigenvalue weighted by Crippen LogP contribution is 2.51. The van der Waals surface area contributed by atoms with Gasteiger partial charge in [0.1, 0.15) is 18.5 Å². The summed E-state index contributed by atoms with van der Waals surface area (Å²) in [5, 5.41) is 41.3. The van der Waals surface area contributed by atoms with Crippen LogP contribution >= 0.6 is 0 Å². The molecule has 234 valence electrons. The van der Waals surface area contributed by atoms with Crippen molar-refractivity contribution in [2.24, 2.45) is 0 Å². The molecule has 13 nitrogen and oxygen atoms in total. The molecule has 3 aromatic carbocycles. The van der Waals surface area contributed by atoms with Crippen LogP contribution in [0.4, 0.5) is 0 Å². The number of ether oxygens (including phenoxy) is 1. The van der Waals surface area contributed by atoms with E-state index in [1.165, 1.54) is 72.1 Å². The lowest BCUT2D eigenvalue weighted by atomic mass is 9.69. The molecule has 0 saturated carbocycles. The Morgan fingerprint density at radius 3 is 1.89 bits per heavy atom. The molecular formula is C34H26N6O7. The first-order valence-corrected chi connectivity index (χ1v) is 14.5. The van der Waals surface area contributed by atoms with E-state index in [-0.39, 0.29) is 33.7 Å². The number of hydrogen-bond acceptors (Lipinski definition) is 11. The number of aliphatic hydroxyl groups is 3. The largest absolute Gasteiger partial charge is 0.382 e. The van der Waals surface area contributed by atoms with E-state index in [0.29, 0.717) is 0 Å². The second-order valence-corrected chi connectivity index (χ2v) is 11.0. The van der Waals surface area contributed by atoms with E-state index in [9.17, 15) is 29.7 Å². The smallest absolute Gasteiger partial charge is 0.212 e. The van der Waals surface area contributed by atoms with E-state index < -0.39 is 47.0 Å². The molecule has 5 atom stereocenters. The highest BCUT2D eigenvalue weighted by atomic mass is 16.6. The first kappa shape index (κ1) is 30.0. The maximum absolute atomic E-state index is 14.5. The highest BCUT2D eigenvalue weighted by molar-refractivity contribution is 6.14. The van der Waals surface area contributed by atoms with Gasteiger partial charge in [0.05, 0.1) is 6.33 Å². The van der Waals surface area contributed by atoms with Gasteiger partial charge in [-0.3, -0.25) is 19.0 Å². The van der Waals surface area contributed by atoms with Gasteiger partial charge in [-0.05, 0) is 6.07 Å². The summed E-state index contributed by atoms with van der Waals surface area (Å²) in [6.07, 6.45) is -0.761. The normalized spacial score (nSPS) is 23.0. The fraction of sp³-hybridized carbons (Fsp3) is 0.147. The minimum atomic E-state index is -3.23. The quantitative estimate of drug-likeness (QED) is 0.200. The molecule has 4 heterocycles. The van der Waals surface area contributed by atoms with Crippen molar-refractivity contribution in [3.05, 3.63) is 139 Å². The predicted molar refractivity (Wildman–Crippen MR) is 165 cm³/mol. The fourth-order valence-corrected chi connectivity index (χ4v) is 6.00. The number of carbonyl (C=O) groups excluding carboxylic acids is 3. The van der Waals surface area contributed by atoms with Crippen LogP contribution < -0.4 is 0 Å². The highest BCUT2D eigenvalue weighted by Gasteiger charge is 2.75. The number of nitrogens with zero attached hydrogens (tertiary/aromatic N) is 6. The lowest BCUT2D eigenvalue weighted by Gasteiger charge is -2.39. The molecule has 3 N–H and O–H groups in total. The summed E-state index contributed by atoms with van der Waals surface area (Å²) < 4.78 is 8.78. The number of benzene rings is 3. The number of rotatable bonds is 9. The minimum Gasteiger partial charge on any atom is -0.382 e. The van der Waals surface area contributed by atoms with Crippen LogP contribution in [0.15, 0.2) is 122 Å². The molecule has 1 fully saturated rings. The number of aromatic nitrogens is 6.